The Morgan fingerprint density at radius 3 is 2.58 bits per heavy atom. The van der Waals surface area contributed by atoms with Gasteiger partial charge in [-0.05, 0) is 13.8 Å². The average molecular weight is 164 g/mol. The first kappa shape index (κ1) is 8.34. The second kappa shape index (κ2) is 2.70. The summed E-state index contributed by atoms with van der Waals surface area (Å²) < 4.78 is 4.93. The van der Waals surface area contributed by atoms with Gasteiger partial charge in [0.2, 0.25) is 5.88 Å². The van der Waals surface area contributed by atoms with E-state index in [1.165, 1.54) is 6.92 Å². The maximum Gasteiger partial charge on any atom is 0.202 e. The lowest BCUT2D eigenvalue weighted by atomic mass is 10.1. The zero-order chi connectivity index (χ0) is 9.30. The van der Waals surface area contributed by atoms with E-state index in [-0.39, 0.29) is 22.8 Å². The molecule has 0 spiro atoms. The number of aryl methyl sites for hydroxylation is 1. The Hall–Kier alpha value is -1.76. The summed E-state index contributed by atoms with van der Waals surface area (Å²) in [6.07, 6.45) is 0. The summed E-state index contributed by atoms with van der Waals surface area (Å²) in [7, 11) is 0. The topological polar surface area (TPSA) is 80.0 Å². The molecule has 0 aromatic carbocycles. The van der Waals surface area contributed by atoms with Gasteiger partial charge in [0.05, 0.1) is 5.56 Å². The van der Waals surface area contributed by atoms with Gasteiger partial charge in [0, 0.05) is 0 Å². The van der Waals surface area contributed by atoms with E-state index in [9.17, 15) is 4.79 Å². The normalized spacial score (nSPS) is 9.42. The molecular weight excluding hydrogens is 156 g/mol. The third-order valence-corrected chi connectivity index (χ3v) is 1.58. The molecule has 4 heteroatoms. The Bertz CT molecular complexity index is 371. The van der Waals surface area contributed by atoms with Crippen molar-refractivity contribution in [1.29, 1.82) is 5.26 Å². The molecule has 1 rings (SSSR count). The number of rotatable bonds is 1. The van der Waals surface area contributed by atoms with E-state index in [0.717, 1.165) is 0 Å². The third-order valence-electron chi connectivity index (χ3n) is 1.58. The number of carbonyl (C=O) groups excluding carboxylic acids is 1. The minimum Gasteiger partial charge on any atom is -0.444 e. The molecule has 1 aromatic rings. The van der Waals surface area contributed by atoms with Crippen molar-refractivity contribution in [1.82, 2.24) is 0 Å². The van der Waals surface area contributed by atoms with Crippen molar-refractivity contribution >= 4 is 11.7 Å². The first-order chi connectivity index (χ1) is 5.57. The molecule has 1 aromatic heterocycles. The number of anilines is 1. The molecule has 1 heterocycles. The summed E-state index contributed by atoms with van der Waals surface area (Å²) in [5.74, 6) is 0.164. The molecule has 0 aliphatic carbocycles. The van der Waals surface area contributed by atoms with Crippen LogP contribution in [0.3, 0.4) is 0 Å². The van der Waals surface area contributed by atoms with Gasteiger partial charge in [-0.25, -0.2) is 0 Å². The van der Waals surface area contributed by atoms with Crippen molar-refractivity contribution in [3.05, 3.63) is 16.9 Å². The van der Waals surface area contributed by atoms with Gasteiger partial charge in [-0.15, -0.1) is 0 Å². The highest BCUT2D eigenvalue weighted by molar-refractivity contribution is 6.00. The van der Waals surface area contributed by atoms with E-state index >= 15 is 0 Å². The fraction of sp³-hybridized carbons (Fsp3) is 0.250. The molecule has 0 amide bonds. The molecule has 12 heavy (non-hydrogen) atoms. The maximum absolute atomic E-state index is 11.0. The zero-order valence-corrected chi connectivity index (χ0v) is 6.84. The van der Waals surface area contributed by atoms with Crippen molar-refractivity contribution in [3.8, 4) is 6.07 Å². The Labute approximate surface area is 69.6 Å². The van der Waals surface area contributed by atoms with Crippen LogP contribution in [0.25, 0.3) is 0 Å². The maximum atomic E-state index is 11.0. The molecule has 0 aliphatic rings. The molecule has 0 radical (unpaired) electrons. The first-order valence-corrected chi connectivity index (χ1v) is 3.37. The number of carbonyl (C=O) groups is 1. The minimum absolute atomic E-state index is 0.0246. The quantitative estimate of drug-likeness (QED) is 0.633. The van der Waals surface area contributed by atoms with Crippen molar-refractivity contribution in [2.75, 3.05) is 5.73 Å². The molecule has 4 nitrogen and oxygen atoms in total. The van der Waals surface area contributed by atoms with Crippen molar-refractivity contribution < 1.29 is 9.21 Å². The predicted molar refractivity (Wildman–Crippen MR) is 42.6 cm³/mol. The van der Waals surface area contributed by atoms with Crippen LogP contribution < -0.4 is 5.73 Å². The highest BCUT2D eigenvalue weighted by Gasteiger charge is 2.18. The van der Waals surface area contributed by atoms with Crippen LogP contribution >= 0.6 is 0 Å². The van der Waals surface area contributed by atoms with Gasteiger partial charge >= 0.3 is 0 Å². The largest absolute Gasteiger partial charge is 0.444 e. The number of ketones is 1. The second-order valence-electron chi connectivity index (χ2n) is 2.44. The number of nitriles is 1. The molecule has 0 saturated heterocycles. The summed E-state index contributed by atoms with van der Waals surface area (Å²) in [6, 6.07) is 1.87. The van der Waals surface area contributed by atoms with Crippen LogP contribution in [-0.2, 0) is 0 Å². The van der Waals surface area contributed by atoms with Gasteiger partial charge in [0.1, 0.15) is 17.4 Å². The smallest absolute Gasteiger partial charge is 0.202 e. The van der Waals surface area contributed by atoms with E-state index in [1.807, 2.05) is 6.07 Å². The van der Waals surface area contributed by atoms with Crippen LogP contribution in [0.1, 0.15) is 28.6 Å². The number of nitrogens with two attached hydrogens (primary N) is 1. The van der Waals surface area contributed by atoms with Gasteiger partial charge in [-0.1, -0.05) is 0 Å². The van der Waals surface area contributed by atoms with Crippen molar-refractivity contribution in [2.45, 2.75) is 13.8 Å². The van der Waals surface area contributed by atoms with E-state index in [4.69, 9.17) is 15.4 Å². The van der Waals surface area contributed by atoms with E-state index in [2.05, 4.69) is 0 Å². The summed E-state index contributed by atoms with van der Waals surface area (Å²) >= 11 is 0. The molecule has 0 fully saturated rings. The standard InChI is InChI=1S/C8H8N2O2/c1-4(11)7-6(3-9)5(2)12-8(7)10/h10H2,1-2H3. The summed E-state index contributed by atoms with van der Waals surface area (Å²) in [5.41, 5.74) is 5.81. The van der Waals surface area contributed by atoms with E-state index in [1.54, 1.807) is 6.92 Å². The monoisotopic (exact) mass is 164 g/mol. The summed E-state index contributed by atoms with van der Waals surface area (Å²) in [4.78, 5) is 11.0. The Balaban J connectivity index is 3.45. The van der Waals surface area contributed by atoms with Gasteiger partial charge in [0.25, 0.3) is 0 Å². The van der Waals surface area contributed by atoms with Crippen molar-refractivity contribution in [3.63, 3.8) is 0 Å². The second-order valence-corrected chi connectivity index (χ2v) is 2.44. The zero-order valence-electron chi connectivity index (χ0n) is 6.84. The summed E-state index contributed by atoms with van der Waals surface area (Å²) in [6.45, 7) is 2.95. The van der Waals surface area contributed by atoms with Gasteiger partial charge in [0.15, 0.2) is 5.78 Å². The molecular formula is C8H8N2O2. The number of hydrogen-bond acceptors (Lipinski definition) is 4. The Kier molecular flexibility index (Phi) is 1.88. The Morgan fingerprint density at radius 1 is 1.67 bits per heavy atom. The average Bonchev–Trinajstić information content (AvgIpc) is 2.24. The lowest BCUT2D eigenvalue weighted by molar-refractivity contribution is 0.101. The van der Waals surface area contributed by atoms with Gasteiger partial charge in [-0.2, -0.15) is 5.26 Å². The molecule has 0 atom stereocenters. The lowest BCUT2D eigenvalue weighted by Crippen LogP contribution is -1.97. The van der Waals surface area contributed by atoms with Crippen molar-refractivity contribution in [2.24, 2.45) is 0 Å². The highest BCUT2D eigenvalue weighted by Crippen LogP contribution is 2.23. The Morgan fingerprint density at radius 2 is 2.25 bits per heavy atom. The van der Waals surface area contributed by atoms with Crippen LogP contribution in [0.2, 0.25) is 0 Å². The van der Waals surface area contributed by atoms with Gasteiger partial charge < -0.3 is 10.2 Å². The number of nitrogens with zero attached hydrogens (tertiary/aromatic N) is 1. The number of hydrogen-bond donors (Lipinski definition) is 1. The molecule has 0 bridgehead atoms. The third kappa shape index (κ3) is 1.05. The molecule has 0 aliphatic heterocycles. The van der Waals surface area contributed by atoms with Crippen LogP contribution in [-0.4, -0.2) is 5.78 Å². The molecule has 0 saturated carbocycles. The fourth-order valence-electron chi connectivity index (χ4n) is 1.05. The van der Waals surface area contributed by atoms with Crippen LogP contribution in [0.4, 0.5) is 5.88 Å². The lowest BCUT2D eigenvalue weighted by Gasteiger charge is -1.89. The van der Waals surface area contributed by atoms with E-state index < -0.39 is 0 Å². The van der Waals surface area contributed by atoms with Crippen LogP contribution in [0.5, 0.6) is 0 Å². The predicted octanol–water partition coefficient (Wildman–Crippen LogP) is 1.24. The SMILES string of the molecule is CC(=O)c1c(N)oc(C)c1C#N. The minimum atomic E-state index is -0.249. The fourth-order valence-corrected chi connectivity index (χ4v) is 1.05. The first-order valence-electron chi connectivity index (χ1n) is 3.37. The van der Waals surface area contributed by atoms with Crippen LogP contribution in [0, 0.1) is 18.3 Å². The summed E-state index contributed by atoms with van der Waals surface area (Å²) in [5, 5.41) is 8.64. The molecule has 2 N–H and O–H groups in total. The van der Waals surface area contributed by atoms with Gasteiger partial charge in [-0.3, -0.25) is 4.79 Å². The number of nitrogen functional groups attached to an aromatic ring is 1. The van der Waals surface area contributed by atoms with Crippen LogP contribution in [0.15, 0.2) is 4.42 Å². The molecule has 62 valence electrons. The highest BCUT2D eigenvalue weighted by atomic mass is 16.4. The number of furan rings is 1. The van der Waals surface area contributed by atoms with E-state index in [0.29, 0.717) is 5.76 Å². The molecule has 0 unspecified atom stereocenters. The number of Topliss-reactive ketones (excluding diaryl/α,β-unsaturated/α-hetero) is 1.